The highest BCUT2D eigenvalue weighted by atomic mass is 16.3. The summed E-state index contributed by atoms with van der Waals surface area (Å²) in [7, 11) is 1.86. The Hall–Kier alpha value is -1.39. The number of hydrogen-bond donors (Lipinski definition) is 1. The Labute approximate surface area is 127 Å². The van der Waals surface area contributed by atoms with Crippen LogP contribution < -0.4 is 0 Å². The minimum Gasteiger partial charge on any atom is -0.393 e. The molecule has 0 radical (unpaired) electrons. The largest absolute Gasteiger partial charge is 0.393 e. The van der Waals surface area contributed by atoms with Crippen LogP contribution in [0.25, 0.3) is 0 Å². The molecule has 1 aromatic rings. The third kappa shape index (κ3) is 4.29. The van der Waals surface area contributed by atoms with E-state index in [0.717, 1.165) is 19.5 Å². The second kappa shape index (κ2) is 7.05. The van der Waals surface area contributed by atoms with Crippen molar-refractivity contribution in [2.24, 2.45) is 5.92 Å². The van der Waals surface area contributed by atoms with Crippen LogP contribution in [0.4, 0.5) is 0 Å². The molecule has 0 saturated carbocycles. The first-order chi connectivity index (χ1) is 9.97. The van der Waals surface area contributed by atoms with Gasteiger partial charge in [0.1, 0.15) is 0 Å². The van der Waals surface area contributed by atoms with Gasteiger partial charge in [0.2, 0.25) is 5.91 Å². The molecule has 4 nitrogen and oxygen atoms in total. The van der Waals surface area contributed by atoms with Crippen molar-refractivity contribution in [1.82, 2.24) is 9.80 Å². The standard InChI is InChI=1S/C17H26N2O2/c1-13-6-4-5-7-15(13)10-18(3)17(21)12-19-9-8-16(11-19)14(2)20/h4-7,14,16,20H,8-12H2,1-3H3. The number of aliphatic hydroxyl groups is 1. The first-order valence-corrected chi connectivity index (χ1v) is 7.66. The molecule has 1 aromatic carbocycles. The van der Waals surface area contributed by atoms with E-state index in [4.69, 9.17) is 0 Å². The number of nitrogens with zero attached hydrogens (tertiary/aromatic N) is 2. The second-order valence-electron chi connectivity index (χ2n) is 6.20. The van der Waals surface area contributed by atoms with E-state index < -0.39 is 0 Å². The molecule has 1 fully saturated rings. The first kappa shape index (κ1) is 16.0. The summed E-state index contributed by atoms with van der Waals surface area (Å²) >= 11 is 0. The van der Waals surface area contributed by atoms with Gasteiger partial charge in [-0.25, -0.2) is 0 Å². The highest BCUT2D eigenvalue weighted by Gasteiger charge is 2.27. The molecule has 0 spiro atoms. The lowest BCUT2D eigenvalue weighted by Crippen LogP contribution is -2.37. The van der Waals surface area contributed by atoms with Gasteiger partial charge in [-0.1, -0.05) is 24.3 Å². The number of likely N-dealkylation sites (tertiary alicyclic amines) is 1. The summed E-state index contributed by atoms with van der Waals surface area (Å²) in [4.78, 5) is 16.2. The van der Waals surface area contributed by atoms with Gasteiger partial charge in [-0.05, 0) is 43.9 Å². The molecule has 2 unspecified atom stereocenters. The van der Waals surface area contributed by atoms with Crippen molar-refractivity contribution in [1.29, 1.82) is 0 Å². The van der Waals surface area contributed by atoms with Gasteiger partial charge < -0.3 is 10.0 Å². The molecule has 1 aliphatic rings. The van der Waals surface area contributed by atoms with Crippen molar-refractivity contribution in [3.8, 4) is 0 Å². The maximum atomic E-state index is 12.3. The summed E-state index contributed by atoms with van der Waals surface area (Å²) in [6.07, 6.45) is 0.696. The quantitative estimate of drug-likeness (QED) is 0.897. The monoisotopic (exact) mass is 290 g/mol. The highest BCUT2D eigenvalue weighted by molar-refractivity contribution is 5.78. The van der Waals surface area contributed by atoms with Gasteiger partial charge in [-0.15, -0.1) is 0 Å². The van der Waals surface area contributed by atoms with Crippen LogP contribution in [-0.2, 0) is 11.3 Å². The summed E-state index contributed by atoms with van der Waals surface area (Å²) in [6, 6.07) is 8.16. The Kier molecular flexibility index (Phi) is 5.37. The number of aliphatic hydroxyl groups excluding tert-OH is 1. The van der Waals surface area contributed by atoms with Crippen LogP contribution in [0.15, 0.2) is 24.3 Å². The van der Waals surface area contributed by atoms with E-state index >= 15 is 0 Å². The number of hydrogen-bond acceptors (Lipinski definition) is 3. The van der Waals surface area contributed by atoms with E-state index in [0.29, 0.717) is 19.0 Å². The second-order valence-corrected chi connectivity index (χ2v) is 6.20. The van der Waals surface area contributed by atoms with Gasteiger partial charge in [-0.3, -0.25) is 9.69 Å². The van der Waals surface area contributed by atoms with Crippen LogP contribution in [0, 0.1) is 12.8 Å². The molecule has 0 aliphatic carbocycles. The number of aryl methyl sites for hydroxylation is 1. The van der Waals surface area contributed by atoms with Gasteiger partial charge in [0, 0.05) is 20.1 Å². The Morgan fingerprint density at radius 3 is 2.81 bits per heavy atom. The lowest BCUT2D eigenvalue weighted by Gasteiger charge is -2.22. The molecule has 1 N–H and O–H groups in total. The fourth-order valence-corrected chi connectivity index (χ4v) is 2.84. The van der Waals surface area contributed by atoms with Gasteiger partial charge in [0.05, 0.1) is 12.6 Å². The SMILES string of the molecule is Cc1ccccc1CN(C)C(=O)CN1CCC(C(C)O)C1. The van der Waals surface area contributed by atoms with Crippen LogP contribution >= 0.6 is 0 Å². The maximum absolute atomic E-state index is 12.3. The van der Waals surface area contributed by atoms with Crippen molar-refractivity contribution < 1.29 is 9.90 Å². The lowest BCUT2D eigenvalue weighted by atomic mass is 10.0. The minimum absolute atomic E-state index is 0.143. The zero-order valence-corrected chi connectivity index (χ0v) is 13.2. The average Bonchev–Trinajstić information content (AvgIpc) is 2.90. The van der Waals surface area contributed by atoms with Crippen molar-refractivity contribution in [2.45, 2.75) is 32.9 Å². The van der Waals surface area contributed by atoms with E-state index in [-0.39, 0.29) is 12.0 Å². The van der Waals surface area contributed by atoms with E-state index in [1.54, 1.807) is 4.90 Å². The number of benzene rings is 1. The molecule has 1 amide bonds. The zero-order valence-electron chi connectivity index (χ0n) is 13.2. The molecule has 2 atom stereocenters. The molecular weight excluding hydrogens is 264 g/mol. The molecule has 4 heteroatoms. The zero-order chi connectivity index (χ0) is 15.4. The summed E-state index contributed by atoms with van der Waals surface area (Å²) in [5, 5.41) is 9.62. The van der Waals surface area contributed by atoms with E-state index in [9.17, 15) is 9.90 Å². The van der Waals surface area contributed by atoms with E-state index in [1.807, 2.05) is 26.1 Å². The Balaban J connectivity index is 1.85. The summed E-state index contributed by atoms with van der Waals surface area (Å²) in [5.41, 5.74) is 2.41. The smallest absolute Gasteiger partial charge is 0.236 e. The summed E-state index contributed by atoms with van der Waals surface area (Å²) in [6.45, 7) is 6.73. The van der Waals surface area contributed by atoms with E-state index in [1.165, 1.54) is 11.1 Å². The number of amides is 1. The summed E-state index contributed by atoms with van der Waals surface area (Å²) in [5.74, 6) is 0.448. The molecule has 0 aromatic heterocycles. The molecule has 1 heterocycles. The van der Waals surface area contributed by atoms with Gasteiger partial charge in [0.25, 0.3) is 0 Å². The van der Waals surface area contributed by atoms with Crippen molar-refractivity contribution in [3.63, 3.8) is 0 Å². The van der Waals surface area contributed by atoms with Gasteiger partial charge in [-0.2, -0.15) is 0 Å². The topological polar surface area (TPSA) is 43.8 Å². The van der Waals surface area contributed by atoms with Crippen LogP contribution in [0.2, 0.25) is 0 Å². The number of carbonyl (C=O) groups is 1. The predicted molar refractivity (Wildman–Crippen MR) is 83.9 cm³/mol. The van der Waals surface area contributed by atoms with Crippen LogP contribution in [0.5, 0.6) is 0 Å². The number of carbonyl (C=O) groups excluding carboxylic acids is 1. The molecular formula is C17H26N2O2. The average molecular weight is 290 g/mol. The Morgan fingerprint density at radius 1 is 1.48 bits per heavy atom. The minimum atomic E-state index is -0.283. The number of likely N-dealkylation sites (N-methyl/N-ethyl adjacent to an activating group) is 1. The number of rotatable bonds is 5. The third-order valence-electron chi connectivity index (χ3n) is 4.44. The molecule has 21 heavy (non-hydrogen) atoms. The summed E-state index contributed by atoms with van der Waals surface area (Å²) < 4.78 is 0. The molecule has 0 bridgehead atoms. The van der Waals surface area contributed by atoms with Crippen LogP contribution in [0.3, 0.4) is 0 Å². The molecule has 1 aliphatic heterocycles. The highest BCUT2D eigenvalue weighted by Crippen LogP contribution is 2.19. The first-order valence-electron chi connectivity index (χ1n) is 7.66. The van der Waals surface area contributed by atoms with Gasteiger partial charge >= 0.3 is 0 Å². The molecule has 2 rings (SSSR count). The third-order valence-corrected chi connectivity index (χ3v) is 4.44. The molecule has 116 valence electrons. The van der Waals surface area contributed by atoms with Crippen molar-refractivity contribution >= 4 is 5.91 Å². The van der Waals surface area contributed by atoms with E-state index in [2.05, 4.69) is 24.0 Å². The fraction of sp³-hybridized carbons (Fsp3) is 0.588. The van der Waals surface area contributed by atoms with Crippen molar-refractivity contribution in [2.75, 3.05) is 26.7 Å². The fourth-order valence-electron chi connectivity index (χ4n) is 2.84. The molecule has 1 saturated heterocycles. The predicted octanol–water partition coefficient (Wildman–Crippen LogP) is 1.66. The normalized spacial score (nSPS) is 20.5. The van der Waals surface area contributed by atoms with Crippen LogP contribution in [0.1, 0.15) is 24.5 Å². The lowest BCUT2D eigenvalue weighted by molar-refractivity contribution is -0.131. The Bertz CT molecular complexity index is 487. The van der Waals surface area contributed by atoms with Gasteiger partial charge in [0.15, 0.2) is 0 Å². The van der Waals surface area contributed by atoms with Crippen LogP contribution in [-0.4, -0.2) is 53.6 Å². The Morgan fingerprint density at radius 2 is 2.19 bits per heavy atom. The van der Waals surface area contributed by atoms with Crippen molar-refractivity contribution in [3.05, 3.63) is 35.4 Å². The maximum Gasteiger partial charge on any atom is 0.236 e.